The Morgan fingerprint density at radius 3 is 2.84 bits per heavy atom. The molecular formula is C14H19N5O6. The molecule has 4 atom stereocenters. The predicted molar refractivity (Wildman–Crippen MR) is 84.4 cm³/mol. The van der Waals surface area contributed by atoms with Gasteiger partial charge in [0.25, 0.3) is 5.56 Å². The minimum absolute atomic E-state index is 0.0281. The van der Waals surface area contributed by atoms with Crippen LogP contribution in [0.1, 0.15) is 19.8 Å². The highest BCUT2D eigenvalue weighted by molar-refractivity contribution is 5.88. The standard InChI is InChI=1S/C14H19N5O6/c1-2-3-7(21)14(10(23)9(22)6(4-20)25-14)19-5-16-8-11(19)17-13(15)18-12(8)24/h5-6,9-10,20,22-23H,2-4H2,1H3,(H3,15,17,18,24)/t6-,9-,10-,14-/m1/s1. The van der Waals surface area contributed by atoms with Gasteiger partial charge in [-0.15, -0.1) is 0 Å². The minimum atomic E-state index is -2.06. The number of nitrogen functional groups attached to an aromatic ring is 1. The SMILES string of the molecule is CCCC(=O)[C@@]1(n2cnc3c(=O)[nH]c(N)nc32)O[C@H](CO)[C@@H](O)[C@H]1O. The van der Waals surface area contributed by atoms with Gasteiger partial charge in [-0.1, -0.05) is 6.92 Å². The topological polar surface area (TPSA) is 177 Å². The largest absolute Gasteiger partial charge is 0.394 e. The summed E-state index contributed by atoms with van der Waals surface area (Å²) in [7, 11) is 0. The molecule has 3 heterocycles. The van der Waals surface area contributed by atoms with Gasteiger partial charge in [0.1, 0.15) is 24.6 Å². The first-order valence-corrected chi connectivity index (χ1v) is 7.78. The molecule has 0 bridgehead atoms. The molecule has 2 aromatic heterocycles. The van der Waals surface area contributed by atoms with Crippen LogP contribution >= 0.6 is 0 Å². The van der Waals surface area contributed by atoms with Gasteiger partial charge in [-0.2, -0.15) is 4.98 Å². The number of nitrogens with two attached hydrogens (primary N) is 1. The highest BCUT2D eigenvalue weighted by Crippen LogP contribution is 2.39. The third-order valence-corrected chi connectivity index (χ3v) is 4.28. The number of ether oxygens (including phenoxy) is 1. The van der Waals surface area contributed by atoms with Gasteiger partial charge < -0.3 is 25.8 Å². The van der Waals surface area contributed by atoms with Crippen molar-refractivity contribution < 1.29 is 24.9 Å². The molecule has 0 saturated carbocycles. The second-order valence-electron chi connectivity index (χ2n) is 5.88. The molecular weight excluding hydrogens is 334 g/mol. The molecule has 3 rings (SSSR count). The zero-order valence-electron chi connectivity index (χ0n) is 13.4. The molecule has 1 aliphatic rings. The Labute approximate surface area is 141 Å². The zero-order chi connectivity index (χ0) is 18.4. The molecule has 11 heteroatoms. The van der Waals surface area contributed by atoms with Crippen LogP contribution in [0.2, 0.25) is 0 Å². The molecule has 0 amide bonds. The molecule has 6 N–H and O–H groups in total. The molecule has 136 valence electrons. The normalized spacial score (nSPS) is 29.4. The van der Waals surface area contributed by atoms with Crippen LogP contribution in [0.5, 0.6) is 0 Å². The minimum Gasteiger partial charge on any atom is -0.394 e. The smallest absolute Gasteiger partial charge is 0.280 e. The number of H-pyrrole nitrogens is 1. The lowest BCUT2D eigenvalue weighted by molar-refractivity contribution is -0.174. The van der Waals surface area contributed by atoms with Gasteiger partial charge in [-0.05, 0) is 6.42 Å². The van der Waals surface area contributed by atoms with Crippen molar-refractivity contribution in [2.24, 2.45) is 0 Å². The van der Waals surface area contributed by atoms with E-state index in [1.165, 1.54) is 0 Å². The van der Waals surface area contributed by atoms with Crippen molar-refractivity contribution in [1.29, 1.82) is 0 Å². The fourth-order valence-electron chi connectivity index (χ4n) is 3.09. The molecule has 2 aromatic rings. The molecule has 1 fully saturated rings. The Balaban J connectivity index is 2.27. The van der Waals surface area contributed by atoms with Crippen LogP contribution in [-0.2, 0) is 15.3 Å². The average Bonchev–Trinajstić information content (AvgIpc) is 3.09. The third kappa shape index (κ3) is 2.43. The summed E-state index contributed by atoms with van der Waals surface area (Å²) in [6.45, 7) is 1.15. The highest BCUT2D eigenvalue weighted by Gasteiger charge is 2.60. The van der Waals surface area contributed by atoms with E-state index in [0.717, 1.165) is 10.9 Å². The van der Waals surface area contributed by atoms with E-state index in [1.54, 1.807) is 6.92 Å². The van der Waals surface area contributed by atoms with Crippen molar-refractivity contribution >= 4 is 22.9 Å². The lowest BCUT2D eigenvalue weighted by Gasteiger charge is -2.32. The fourth-order valence-corrected chi connectivity index (χ4v) is 3.09. The third-order valence-electron chi connectivity index (χ3n) is 4.28. The number of Topliss-reactive ketones (excluding diaryl/α,β-unsaturated/α-hetero) is 1. The van der Waals surface area contributed by atoms with Gasteiger partial charge in [0.2, 0.25) is 11.7 Å². The van der Waals surface area contributed by atoms with E-state index in [2.05, 4.69) is 15.0 Å². The van der Waals surface area contributed by atoms with Crippen molar-refractivity contribution in [2.45, 2.75) is 43.8 Å². The number of aromatic amines is 1. The number of carbonyl (C=O) groups excluding carboxylic acids is 1. The van der Waals surface area contributed by atoms with Crippen molar-refractivity contribution in [3.05, 3.63) is 16.7 Å². The Morgan fingerprint density at radius 1 is 1.52 bits per heavy atom. The van der Waals surface area contributed by atoms with Gasteiger partial charge in [-0.3, -0.25) is 19.1 Å². The van der Waals surface area contributed by atoms with Crippen LogP contribution in [0.4, 0.5) is 5.95 Å². The zero-order valence-corrected chi connectivity index (χ0v) is 13.4. The number of hydrogen-bond donors (Lipinski definition) is 5. The molecule has 0 aromatic carbocycles. The Bertz CT molecular complexity index is 863. The molecule has 0 spiro atoms. The van der Waals surface area contributed by atoms with E-state index in [9.17, 15) is 24.9 Å². The number of anilines is 1. The lowest BCUT2D eigenvalue weighted by Crippen LogP contribution is -2.51. The molecule has 25 heavy (non-hydrogen) atoms. The highest BCUT2D eigenvalue weighted by atomic mass is 16.6. The molecule has 1 aliphatic heterocycles. The molecule has 11 nitrogen and oxygen atoms in total. The Hall–Kier alpha value is -2.34. The first-order valence-electron chi connectivity index (χ1n) is 7.78. The maximum absolute atomic E-state index is 12.8. The van der Waals surface area contributed by atoms with E-state index in [0.29, 0.717) is 6.42 Å². The van der Waals surface area contributed by atoms with E-state index >= 15 is 0 Å². The Morgan fingerprint density at radius 2 is 2.24 bits per heavy atom. The monoisotopic (exact) mass is 353 g/mol. The van der Waals surface area contributed by atoms with Crippen LogP contribution in [-0.4, -0.2) is 65.5 Å². The summed E-state index contributed by atoms with van der Waals surface area (Å²) >= 11 is 0. The van der Waals surface area contributed by atoms with Crippen LogP contribution in [0.15, 0.2) is 11.1 Å². The van der Waals surface area contributed by atoms with Crippen molar-refractivity contribution in [3.8, 4) is 0 Å². The summed E-state index contributed by atoms with van der Waals surface area (Å²) in [6, 6.07) is 0. The fraction of sp³-hybridized carbons (Fsp3) is 0.571. The second-order valence-corrected chi connectivity index (χ2v) is 5.88. The number of nitrogens with zero attached hydrogens (tertiary/aromatic N) is 3. The lowest BCUT2D eigenvalue weighted by atomic mass is 9.95. The average molecular weight is 353 g/mol. The molecule has 1 saturated heterocycles. The van der Waals surface area contributed by atoms with Gasteiger partial charge in [-0.25, -0.2) is 4.98 Å². The molecule has 0 radical (unpaired) electrons. The van der Waals surface area contributed by atoms with E-state index < -0.39 is 42.0 Å². The van der Waals surface area contributed by atoms with Gasteiger partial charge >= 0.3 is 0 Å². The first kappa shape index (κ1) is 17.5. The Kier molecular flexibility index (Phi) is 4.33. The summed E-state index contributed by atoms with van der Waals surface area (Å²) < 4.78 is 6.69. The first-order chi connectivity index (χ1) is 11.9. The van der Waals surface area contributed by atoms with Crippen LogP contribution in [0.3, 0.4) is 0 Å². The maximum Gasteiger partial charge on any atom is 0.280 e. The van der Waals surface area contributed by atoms with Crippen molar-refractivity contribution in [3.63, 3.8) is 0 Å². The number of rotatable bonds is 5. The molecule has 0 aliphatic carbocycles. The summed E-state index contributed by atoms with van der Waals surface area (Å²) in [4.78, 5) is 35.0. The number of aliphatic hydroxyl groups excluding tert-OH is 3. The number of fused-ring (bicyclic) bond motifs is 1. The van der Waals surface area contributed by atoms with Crippen LogP contribution in [0, 0.1) is 0 Å². The van der Waals surface area contributed by atoms with Crippen molar-refractivity contribution in [2.75, 3.05) is 12.3 Å². The van der Waals surface area contributed by atoms with E-state index in [1.807, 2.05) is 0 Å². The van der Waals surface area contributed by atoms with E-state index in [-0.39, 0.29) is 23.5 Å². The number of ketones is 1. The van der Waals surface area contributed by atoms with Gasteiger partial charge in [0, 0.05) is 6.42 Å². The number of imidazole rings is 1. The number of hydrogen-bond acceptors (Lipinski definition) is 9. The van der Waals surface area contributed by atoms with Gasteiger partial charge in [0.05, 0.1) is 6.61 Å². The van der Waals surface area contributed by atoms with Gasteiger partial charge in [0.15, 0.2) is 16.9 Å². The predicted octanol–water partition coefficient (Wildman–Crippen LogP) is -2.16. The summed E-state index contributed by atoms with van der Waals surface area (Å²) in [6.07, 6.45) is -2.78. The number of aromatic nitrogens is 4. The number of nitrogens with one attached hydrogen (secondary N) is 1. The van der Waals surface area contributed by atoms with Crippen LogP contribution < -0.4 is 11.3 Å². The summed E-state index contributed by atoms with van der Waals surface area (Å²) in [5.74, 6) is -0.749. The van der Waals surface area contributed by atoms with Crippen LogP contribution in [0.25, 0.3) is 11.2 Å². The second kappa shape index (κ2) is 6.19. The molecule has 0 unspecified atom stereocenters. The quantitative estimate of drug-likeness (QED) is 0.400. The number of carbonyl (C=O) groups is 1. The van der Waals surface area contributed by atoms with E-state index in [4.69, 9.17) is 10.5 Å². The maximum atomic E-state index is 12.8. The van der Waals surface area contributed by atoms with Crippen molar-refractivity contribution in [1.82, 2.24) is 19.5 Å². The summed E-state index contributed by atoms with van der Waals surface area (Å²) in [5.41, 5.74) is 2.70. The number of aliphatic hydroxyl groups is 3. The summed E-state index contributed by atoms with van der Waals surface area (Å²) in [5, 5.41) is 30.1.